The molecule has 1 saturated heterocycles. The fraction of sp³-hybridized carbons (Fsp3) is 0.455. The van der Waals surface area contributed by atoms with E-state index in [1.54, 1.807) is 24.4 Å². The Labute approximate surface area is 111 Å². The molecule has 0 saturated carbocycles. The number of pyridine rings is 1. The standard InChI is InChI=1S/C11H13ClN2O3S/c12-7-11(15)14(10-3-1-2-5-13-10)9-4-6-18(16,17)8-9/h1-3,5,9H,4,6-8H2/t9-/m0/s1. The summed E-state index contributed by atoms with van der Waals surface area (Å²) in [4.78, 5) is 17.4. The van der Waals surface area contributed by atoms with Gasteiger partial charge in [0.05, 0.1) is 17.5 Å². The molecule has 0 N–H and O–H groups in total. The average Bonchev–Trinajstić information content (AvgIpc) is 2.71. The van der Waals surface area contributed by atoms with Crippen molar-refractivity contribution in [1.29, 1.82) is 0 Å². The van der Waals surface area contributed by atoms with Gasteiger partial charge in [0.15, 0.2) is 9.84 Å². The molecule has 98 valence electrons. The minimum Gasteiger partial charge on any atom is -0.292 e. The third kappa shape index (κ3) is 2.81. The maximum atomic E-state index is 11.9. The maximum Gasteiger partial charge on any atom is 0.243 e. The fourth-order valence-corrected chi connectivity index (χ4v) is 3.89. The predicted molar refractivity (Wildman–Crippen MR) is 69.5 cm³/mol. The zero-order chi connectivity index (χ0) is 13.2. The molecule has 1 amide bonds. The third-order valence-electron chi connectivity index (χ3n) is 2.85. The van der Waals surface area contributed by atoms with Crippen LogP contribution in [0.4, 0.5) is 5.82 Å². The normalized spacial score (nSPS) is 21.7. The van der Waals surface area contributed by atoms with Gasteiger partial charge in [-0.25, -0.2) is 13.4 Å². The van der Waals surface area contributed by atoms with E-state index in [1.165, 1.54) is 4.90 Å². The van der Waals surface area contributed by atoms with Gasteiger partial charge in [-0.3, -0.25) is 9.69 Å². The number of sulfone groups is 1. The van der Waals surface area contributed by atoms with Crippen LogP contribution in [0.5, 0.6) is 0 Å². The Hall–Kier alpha value is -1.14. The zero-order valence-corrected chi connectivity index (χ0v) is 11.2. The first-order chi connectivity index (χ1) is 8.53. The van der Waals surface area contributed by atoms with Crippen molar-refractivity contribution in [1.82, 2.24) is 4.98 Å². The predicted octanol–water partition coefficient (Wildman–Crippen LogP) is 0.841. The molecule has 0 aliphatic carbocycles. The Balaban J connectivity index is 2.30. The minimum absolute atomic E-state index is 0.0216. The van der Waals surface area contributed by atoms with Crippen LogP contribution in [0.15, 0.2) is 24.4 Å². The molecule has 1 aliphatic heterocycles. The number of nitrogens with zero attached hydrogens (tertiary/aromatic N) is 2. The molecular formula is C11H13ClN2O3S. The molecule has 1 aliphatic rings. The van der Waals surface area contributed by atoms with Crippen molar-refractivity contribution in [2.24, 2.45) is 0 Å². The lowest BCUT2D eigenvalue weighted by Gasteiger charge is -2.26. The molecule has 1 aromatic rings. The number of amides is 1. The largest absolute Gasteiger partial charge is 0.292 e. The van der Waals surface area contributed by atoms with E-state index in [0.29, 0.717) is 12.2 Å². The van der Waals surface area contributed by atoms with E-state index in [9.17, 15) is 13.2 Å². The van der Waals surface area contributed by atoms with E-state index in [1.807, 2.05) is 0 Å². The highest BCUT2D eigenvalue weighted by atomic mass is 35.5. The van der Waals surface area contributed by atoms with Crippen LogP contribution in [0.1, 0.15) is 6.42 Å². The van der Waals surface area contributed by atoms with Crippen molar-refractivity contribution in [2.75, 3.05) is 22.3 Å². The molecule has 2 heterocycles. The van der Waals surface area contributed by atoms with Crippen LogP contribution in [0, 0.1) is 0 Å². The fourth-order valence-electron chi connectivity index (χ4n) is 2.06. The second kappa shape index (κ2) is 5.24. The summed E-state index contributed by atoms with van der Waals surface area (Å²) in [6.45, 7) is 0. The Kier molecular flexibility index (Phi) is 3.87. The summed E-state index contributed by atoms with van der Waals surface area (Å²) in [5.41, 5.74) is 0. The molecule has 7 heteroatoms. The van der Waals surface area contributed by atoms with Gasteiger partial charge in [-0.05, 0) is 18.6 Å². The monoisotopic (exact) mass is 288 g/mol. The summed E-state index contributed by atoms with van der Waals surface area (Å²) in [7, 11) is -3.05. The van der Waals surface area contributed by atoms with E-state index in [0.717, 1.165) is 0 Å². The lowest BCUT2D eigenvalue weighted by atomic mass is 10.2. The molecular weight excluding hydrogens is 276 g/mol. The third-order valence-corrected chi connectivity index (χ3v) is 4.83. The molecule has 0 spiro atoms. The molecule has 5 nitrogen and oxygen atoms in total. The second-order valence-corrected chi connectivity index (χ2v) is 6.64. The van der Waals surface area contributed by atoms with E-state index in [-0.39, 0.29) is 29.3 Å². The highest BCUT2D eigenvalue weighted by molar-refractivity contribution is 7.91. The van der Waals surface area contributed by atoms with Crippen molar-refractivity contribution >= 4 is 33.2 Å². The molecule has 2 rings (SSSR count). The van der Waals surface area contributed by atoms with Gasteiger partial charge in [0, 0.05) is 6.20 Å². The second-order valence-electron chi connectivity index (χ2n) is 4.14. The van der Waals surface area contributed by atoms with Gasteiger partial charge in [0.2, 0.25) is 5.91 Å². The van der Waals surface area contributed by atoms with Crippen molar-refractivity contribution in [2.45, 2.75) is 12.5 Å². The topological polar surface area (TPSA) is 67.3 Å². The number of aromatic nitrogens is 1. The van der Waals surface area contributed by atoms with Crippen LogP contribution in [0.3, 0.4) is 0 Å². The van der Waals surface area contributed by atoms with Gasteiger partial charge in [-0.15, -0.1) is 11.6 Å². The highest BCUT2D eigenvalue weighted by Crippen LogP contribution is 2.23. The van der Waals surface area contributed by atoms with E-state index in [2.05, 4.69) is 4.98 Å². The summed E-state index contributed by atoms with van der Waals surface area (Å²) in [6.07, 6.45) is 1.99. The Morgan fingerprint density at radius 3 is 2.78 bits per heavy atom. The number of carbonyl (C=O) groups is 1. The molecule has 0 bridgehead atoms. The summed E-state index contributed by atoms with van der Waals surface area (Å²) < 4.78 is 23.0. The summed E-state index contributed by atoms with van der Waals surface area (Å²) in [5.74, 6) is 0.0262. The summed E-state index contributed by atoms with van der Waals surface area (Å²) >= 11 is 5.58. The van der Waals surface area contributed by atoms with E-state index < -0.39 is 9.84 Å². The molecule has 0 radical (unpaired) electrons. The van der Waals surface area contributed by atoms with Crippen molar-refractivity contribution < 1.29 is 13.2 Å². The number of alkyl halides is 1. The zero-order valence-electron chi connectivity index (χ0n) is 9.62. The number of hydrogen-bond donors (Lipinski definition) is 0. The number of anilines is 1. The number of hydrogen-bond acceptors (Lipinski definition) is 4. The van der Waals surface area contributed by atoms with E-state index >= 15 is 0 Å². The van der Waals surface area contributed by atoms with Crippen LogP contribution in [0.25, 0.3) is 0 Å². The summed E-state index contributed by atoms with van der Waals surface area (Å²) in [5, 5.41) is 0. The molecule has 1 fully saturated rings. The summed E-state index contributed by atoms with van der Waals surface area (Å²) in [6, 6.07) is 4.80. The number of rotatable bonds is 3. The van der Waals surface area contributed by atoms with Gasteiger partial charge in [-0.2, -0.15) is 0 Å². The number of carbonyl (C=O) groups excluding carboxylic acids is 1. The quantitative estimate of drug-likeness (QED) is 0.773. The van der Waals surface area contributed by atoms with E-state index in [4.69, 9.17) is 11.6 Å². The minimum atomic E-state index is -3.05. The Morgan fingerprint density at radius 2 is 2.28 bits per heavy atom. The van der Waals surface area contributed by atoms with Crippen LogP contribution in [-0.2, 0) is 14.6 Å². The van der Waals surface area contributed by atoms with Crippen LogP contribution < -0.4 is 4.90 Å². The maximum absolute atomic E-state index is 11.9. The molecule has 0 unspecified atom stereocenters. The smallest absolute Gasteiger partial charge is 0.243 e. The van der Waals surface area contributed by atoms with Gasteiger partial charge >= 0.3 is 0 Å². The molecule has 18 heavy (non-hydrogen) atoms. The van der Waals surface area contributed by atoms with Crippen molar-refractivity contribution in [3.63, 3.8) is 0 Å². The van der Waals surface area contributed by atoms with Crippen LogP contribution in [-0.4, -0.2) is 42.7 Å². The number of halogens is 1. The van der Waals surface area contributed by atoms with Crippen molar-refractivity contribution in [3.8, 4) is 0 Å². The highest BCUT2D eigenvalue weighted by Gasteiger charge is 2.35. The Morgan fingerprint density at radius 1 is 1.50 bits per heavy atom. The first-order valence-corrected chi connectivity index (χ1v) is 7.88. The SMILES string of the molecule is O=C(CCl)N(c1ccccn1)[C@H]1CCS(=O)(=O)C1. The first-order valence-electron chi connectivity index (χ1n) is 5.53. The van der Waals surface area contributed by atoms with Gasteiger partial charge in [0.25, 0.3) is 0 Å². The van der Waals surface area contributed by atoms with Gasteiger partial charge in [-0.1, -0.05) is 6.07 Å². The Bertz CT molecular complexity index is 532. The first kappa shape index (κ1) is 13.3. The average molecular weight is 289 g/mol. The molecule has 0 aromatic carbocycles. The van der Waals surface area contributed by atoms with Gasteiger partial charge in [0.1, 0.15) is 11.7 Å². The van der Waals surface area contributed by atoms with Crippen LogP contribution in [0.2, 0.25) is 0 Å². The molecule has 1 atom stereocenters. The van der Waals surface area contributed by atoms with Crippen LogP contribution >= 0.6 is 11.6 Å². The van der Waals surface area contributed by atoms with Crippen molar-refractivity contribution in [3.05, 3.63) is 24.4 Å². The van der Waals surface area contributed by atoms with Gasteiger partial charge < -0.3 is 0 Å². The lowest BCUT2D eigenvalue weighted by molar-refractivity contribution is -0.116. The molecule has 1 aromatic heterocycles. The lowest BCUT2D eigenvalue weighted by Crippen LogP contribution is -2.42.